The Morgan fingerprint density at radius 3 is 2.53 bits per heavy atom. The highest BCUT2D eigenvalue weighted by molar-refractivity contribution is 6.25. The van der Waals surface area contributed by atoms with E-state index in [-0.39, 0.29) is 6.54 Å². The zero-order chi connectivity index (χ0) is 21.3. The molecule has 154 valence electrons. The van der Waals surface area contributed by atoms with Gasteiger partial charge >= 0.3 is 0 Å². The van der Waals surface area contributed by atoms with E-state index in [9.17, 15) is 14.4 Å². The van der Waals surface area contributed by atoms with Crippen molar-refractivity contribution in [1.82, 2.24) is 5.01 Å². The number of anilines is 2. The van der Waals surface area contributed by atoms with Crippen molar-refractivity contribution in [3.8, 4) is 5.75 Å². The van der Waals surface area contributed by atoms with E-state index in [1.165, 1.54) is 12.1 Å². The van der Waals surface area contributed by atoms with Gasteiger partial charge in [0.05, 0.1) is 18.5 Å². The zero-order valence-corrected chi connectivity index (χ0v) is 16.6. The van der Waals surface area contributed by atoms with E-state index in [1.807, 2.05) is 19.1 Å². The standard InChI is InChI=1S/C21H21N5O4/c1-3-13-8-10-14(11-9-13)26-20(28)18-19(21(26)29)25(24-23-18)12-17(27)22-15-6-4-5-7-16(15)30-2/h4-11,18-19H,3,12H2,1-2H3,(H,22,27)/t18-,19+/m1/s1. The number of carbonyl (C=O) groups is 3. The molecular weight excluding hydrogens is 386 g/mol. The van der Waals surface area contributed by atoms with Gasteiger partial charge in [-0.25, -0.2) is 4.90 Å². The minimum atomic E-state index is -0.942. The van der Waals surface area contributed by atoms with Gasteiger partial charge in [0, 0.05) is 0 Å². The normalized spacial score (nSPS) is 19.9. The van der Waals surface area contributed by atoms with Crippen LogP contribution in [-0.4, -0.2) is 48.5 Å². The summed E-state index contributed by atoms with van der Waals surface area (Å²) in [5.41, 5.74) is 2.10. The summed E-state index contributed by atoms with van der Waals surface area (Å²) in [5, 5.41) is 11.8. The first-order valence-electron chi connectivity index (χ1n) is 9.60. The van der Waals surface area contributed by atoms with E-state index in [0.29, 0.717) is 17.1 Å². The molecule has 2 aliphatic rings. The lowest BCUT2D eigenvalue weighted by Crippen LogP contribution is -2.43. The van der Waals surface area contributed by atoms with E-state index in [4.69, 9.17) is 4.74 Å². The Labute approximate surface area is 173 Å². The summed E-state index contributed by atoms with van der Waals surface area (Å²) >= 11 is 0. The maximum absolute atomic E-state index is 13.0. The van der Waals surface area contributed by atoms with E-state index in [1.54, 1.807) is 36.4 Å². The summed E-state index contributed by atoms with van der Waals surface area (Å²) in [5.74, 6) is -0.763. The molecule has 1 saturated heterocycles. The minimum absolute atomic E-state index is 0.218. The fourth-order valence-corrected chi connectivity index (χ4v) is 3.57. The number of para-hydroxylation sites is 2. The third-order valence-electron chi connectivity index (χ3n) is 5.15. The predicted octanol–water partition coefficient (Wildman–Crippen LogP) is 2.19. The molecule has 0 saturated carbocycles. The molecule has 2 aromatic rings. The number of ether oxygens (including phenoxy) is 1. The Morgan fingerprint density at radius 1 is 1.10 bits per heavy atom. The molecule has 2 aliphatic heterocycles. The molecule has 0 unspecified atom stereocenters. The lowest BCUT2D eigenvalue weighted by molar-refractivity contribution is -0.123. The van der Waals surface area contributed by atoms with Gasteiger partial charge in [-0.3, -0.25) is 19.4 Å². The Balaban J connectivity index is 1.48. The maximum atomic E-state index is 13.0. The van der Waals surface area contributed by atoms with Gasteiger partial charge in [-0.2, -0.15) is 5.11 Å². The number of nitrogens with zero attached hydrogens (tertiary/aromatic N) is 4. The van der Waals surface area contributed by atoms with Crippen molar-refractivity contribution in [3.05, 3.63) is 54.1 Å². The third kappa shape index (κ3) is 3.38. The van der Waals surface area contributed by atoms with Crippen LogP contribution in [0.5, 0.6) is 5.75 Å². The van der Waals surface area contributed by atoms with Crippen LogP contribution < -0.4 is 15.0 Å². The van der Waals surface area contributed by atoms with Gasteiger partial charge < -0.3 is 10.1 Å². The number of carbonyl (C=O) groups excluding carboxylic acids is 3. The maximum Gasteiger partial charge on any atom is 0.263 e. The van der Waals surface area contributed by atoms with Crippen LogP contribution in [0.25, 0.3) is 0 Å². The minimum Gasteiger partial charge on any atom is -0.495 e. The Kier molecular flexibility index (Phi) is 5.18. The number of hydrogen-bond acceptors (Lipinski definition) is 7. The molecule has 0 spiro atoms. The molecule has 0 aliphatic carbocycles. The first-order chi connectivity index (χ1) is 14.5. The van der Waals surface area contributed by atoms with Crippen LogP contribution >= 0.6 is 0 Å². The van der Waals surface area contributed by atoms with Crippen LogP contribution in [0.1, 0.15) is 12.5 Å². The lowest BCUT2D eigenvalue weighted by atomic mass is 10.1. The fraction of sp³-hybridized carbons (Fsp3) is 0.286. The van der Waals surface area contributed by atoms with Crippen LogP contribution in [0.3, 0.4) is 0 Å². The molecule has 0 bridgehead atoms. The second-order valence-electron chi connectivity index (χ2n) is 6.97. The first kappa shape index (κ1) is 19.6. The fourth-order valence-electron chi connectivity index (χ4n) is 3.57. The summed E-state index contributed by atoms with van der Waals surface area (Å²) in [6, 6.07) is 12.4. The highest BCUT2D eigenvalue weighted by atomic mass is 16.5. The summed E-state index contributed by atoms with van der Waals surface area (Å²) in [6.07, 6.45) is 0.858. The second-order valence-corrected chi connectivity index (χ2v) is 6.97. The smallest absolute Gasteiger partial charge is 0.263 e. The molecule has 4 rings (SSSR count). The van der Waals surface area contributed by atoms with E-state index in [2.05, 4.69) is 15.7 Å². The third-order valence-corrected chi connectivity index (χ3v) is 5.15. The van der Waals surface area contributed by atoms with Gasteiger partial charge in [0.2, 0.25) is 5.91 Å². The molecule has 1 fully saturated rings. The average Bonchev–Trinajstić information content (AvgIpc) is 3.28. The quantitative estimate of drug-likeness (QED) is 0.740. The van der Waals surface area contributed by atoms with Gasteiger partial charge in [-0.15, -0.1) is 0 Å². The lowest BCUT2D eigenvalue weighted by Gasteiger charge is -2.20. The number of hydrogen-bond donors (Lipinski definition) is 1. The Hall–Kier alpha value is -3.75. The molecule has 0 aromatic heterocycles. The summed E-state index contributed by atoms with van der Waals surface area (Å²) < 4.78 is 5.22. The molecule has 1 N–H and O–H groups in total. The number of benzene rings is 2. The number of rotatable bonds is 6. The number of imide groups is 1. The number of methoxy groups -OCH3 is 1. The monoisotopic (exact) mass is 407 g/mol. The van der Waals surface area contributed by atoms with Crippen molar-refractivity contribution in [2.45, 2.75) is 25.4 Å². The Morgan fingerprint density at radius 2 is 1.83 bits per heavy atom. The van der Waals surface area contributed by atoms with Crippen LogP contribution in [0.2, 0.25) is 0 Å². The van der Waals surface area contributed by atoms with E-state index in [0.717, 1.165) is 16.9 Å². The summed E-state index contributed by atoms with van der Waals surface area (Å²) in [4.78, 5) is 39.4. The van der Waals surface area contributed by atoms with Crippen molar-refractivity contribution in [1.29, 1.82) is 0 Å². The van der Waals surface area contributed by atoms with Crippen LogP contribution in [0, 0.1) is 0 Å². The van der Waals surface area contributed by atoms with Crippen molar-refractivity contribution >= 4 is 29.1 Å². The van der Waals surface area contributed by atoms with Gasteiger partial charge in [0.1, 0.15) is 12.3 Å². The Bertz CT molecular complexity index is 1020. The largest absolute Gasteiger partial charge is 0.495 e. The number of aryl methyl sites for hydroxylation is 1. The topological polar surface area (TPSA) is 104 Å². The highest BCUT2D eigenvalue weighted by Crippen LogP contribution is 2.32. The number of fused-ring (bicyclic) bond motifs is 1. The van der Waals surface area contributed by atoms with Crippen molar-refractivity contribution in [2.75, 3.05) is 23.9 Å². The molecule has 9 heteroatoms. The van der Waals surface area contributed by atoms with Gasteiger partial charge in [0.25, 0.3) is 11.8 Å². The summed E-state index contributed by atoms with van der Waals surface area (Å²) in [7, 11) is 1.51. The molecule has 2 heterocycles. The first-order valence-corrected chi connectivity index (χ1v) is 9.60. The molecule has 9 nitrogen and oxygen atoms in total. The van der Waals surface area contributed by atoms with Crippen molar-refractivity contribution < 1.29 is 19.1 Å². The van der Waals surface area contributed by atoms with E-state index >= 15 is 0 Å². The van der Waals surface area contributed by atoms with Gasteiger partial charge in [0.15, 0.2) is 12.1 Å². The van der Waals surface area contributed by atoms with Gasteiger partial charge in [-0.1, -0.05) is 36.4 Å². The van der Waals surface area contributed by atoms with Crippen LogP contribution in [-0.2, 0) is 20.8 Å². The molecular formula is C21H21N5O4. The van der Waals surface area contributed by atoms with Crippen LogP contribution in [0.15, 0.2) is 58.9 Å². The predicted molar refractivity (Wildman–Crippen MR) is 109 cm³/mol. The molecule has 2 atom stereocenters. The number of nitrogens with one attached hydrogen (secondary N) is 1. The zero-order valence-electron chi connectivity index (χ0n) is 16.6. The van der Waals surface area contributed by atoms with Gasteiger partial charge in [-0.05, 0) is 36.2 Å². The van der Waals surface area contributed by atoms with Crippen molar-refractivity contribution in [2.24, 2.45) is 10.3 Å². The molecule has 3 amide bonds. The van der Waals surface area contributed by atoms with Crippen molar-refractivity contribution in [3.63, 3.8) is 0 Å². The molecule has 30 heavy (non-hydrogen) atoms. The van der Waals surface area contributed by atoms with Crippen LogP contribution in [0.4, 0.5) is 11.4 Å². The molecule has 0 radical (unpaired) electrons. The average molecular weight is 407 g/mol. The number of amides is 3. The van der Waals surface area contributed by atoms with E-state index < -0.39 is 29.8 Å². The SMILES string of the molecule is CCc1ccc(N2C(=O)[C@@H]3[C@@H](N=NN3CC(=O)Nc3ccccc3OC)C2=O)cc1. The second kappa shape index (κ2) is 7.94. The highest BCUT2D eigenvalue weighted by Gasteiger charge is 2.55. The summed E-state index contributed by atoms with van der Waals surface area (Å²) in [6.45, 7) is 1.81. The molecule has 2 aromatic carbocycles.